The molecule has 1 heteroatoms. The summed E-state index contributed by atoms with van der Waals surface area (Å²) in [5, 5.41) is 10.9. The Kier molecular flexibility index (Phi) is 3.02. The molecule has 0 saturated heterocycles. The molecule has 1 aromatic carbocycles. The molecule has 0 aromatic heterocycles. The van der Waals surface area contributed by atoms with Gasteiger partial charge in [0.15, 0.2) is 0 Å². The van der Waals surface area contributed by atoms with Crippen molar-refractivity contribution in [1.29, 1.82) is 0 Å². The fourth-order valence-corrected chi connectivity index (χ4v) is 10.8. The highest BCUT2D eigenvalue weighted by Crippen LogP contribution is 2.78. The van der Waals surface area contributed by atoms with Crippen LogP contribution in [0.2, 0.25) is 0 Å². The maximum atomic E-state index is 10.9. The summed E-state index contributed by atoms with van der Waals surface area (Å²) in [4.78, 5) is 0. The summed E-state index contributed by atoms with van der Waals surface area (Å²) < 4.78 is 0. The van der Waals surface area contributed by atoms with Crippen LogP contribution in [-0.2, 0) is 0 Å². The zero-order valence-electron chi connectivity index (χ0n) is 16.6. The fourth-order valence-electron chi connectivity index (χ4n) is 10.8. The van der Waals surface area contributed by atoms with Crippen LogP contribution in [0.5, 0.6) is 5.75 Å². The second-order valence-corrected chi connectivity index (χ2v) is 12.0. The molecule has 0 radical (unpaired) electrons. The van der Waals surface area contributed by atoms with E-state index in [4.69, 9.17) is 0 Å². The highest BCUT2D eigenvalue weighted by Gasteiger charge is 2.68. The first-order valence-electron chi connectivity index (χ1n) is 11.9. The maximum Gasteiger partial charge on any atom is 0.119 e. The third-order valence-corrected chi connectivity index (χ3v) is 10.7. The molecule has 144 valence electrons. The van der Waals surface area contributed by atoms with E-state index in [0.29, 0.717) is 22.5 Å². The van der Waals surface area contributed by atoms with Gasteiger partial charge in [0.05, 0.1) is 0 Å². The lowest BCUT2D eigenvalue weighted by Gasteiger charge is -2.73. The Morgan fingerprint density at radius 1 is 0.667 bits per heavy atom. The van der Waals surface area contributed by atoms with Gasteiger partial charge in [-0.1, -0.05) is 18.2 Å². The quantitative estimate of drug-likeness (QED) is 0.635. The van der Waals surface area contributed by atoms with E-state index in [1.54, 1.807) is 19.3 Å². The van der Waals surface area contributed by atoms with Crippen LogP contribution < -0.4 is 0 Å². The third-order valence-electron chi connectivity index (χ3n) is 10.7. The van der Waals surface area contributed by atoms with Crippen molar-refractivity contribution >= 4 is 0 Å². The normalized spacial score (nSPS) is 54.6. The molecule has 3 unspecified atom stereocenters. The van der Waals surface area contributed by atoms with Gasteiger partial charge in [0.25, 0.3) is 0 Å². The summed E-state index contributed by atoms with van der Waals surface area (Å²) in [6.07, 6.45) is 16.7. The van der Waals surface area contributed by atoms with Crippen LogP contribution in [0, 0.1) is 46.3 Å². The van der Waals surface area contributed by atoms with Gasteiger partial charge in [-0.3, -0.25) is 0 Å². The van der Waals surface area contributed by atoms with Crippen LogP contribution in [0.4, 0.5) is 0 Å². The molecular formula is C26H34O. The first-order valence-corrected chi connectivity index (χ1v) is 11.9. The second-order valence-electron chi connectivity index (χ2n) is 12.0. The molecule has 8 fully saturated rings. The summed E-state index contributed by atoms with van der Waals surface area (Å²) in [5.41, 5.74) is 2.46. The van der Waals surface area contributed by atoms with Crippen LogP contribution in [0.15, 0.2) is 24.3 Å². The lowest BCUT2D eigenvalue weighted by atomic mass is 9.32. The van der Waals surface area contributed by atoms with Gasteiger partial charge in [0.2, 0.25) is 0 Å². The van der Waals surface area contributed by atoms with E-state index >= 15 is 0 Å². The predicted molar refractivity (Wildman–Crippen MR) is 107 cm³/mol. The second kappa shape index (κ2) is 5.14. The Labute approximate surface area is 163 Å². The Morgan fingerprint density at radius 3 is 1.74 bits per heavy atom. The average molecular weight is 363 g/mol. The van der Waals surface area contributed by atoms with E-state index in [1.165, 1.54) is 56.9 Å². The van der Waals surface area contributed by atoms with E-state index in [0.717, 1.165) is 35.5 Å². The maximum absolute atomic E-state index is 10.9. The van der Waals surface area contributed by atoms with Crippen LogP contribution in [-0.4, -0.2) is 5.11 Å². The molecule has 9 rings (SSSR count). The van der Waals surface area contributed by atoms with Gasteiger partial charge >= 0.3 is 0 Å². The first-order chi connectivity index (χ1) is 13.1. The van der Waals surface area contributed by atoms with Crippen molar-refractivity contribution in [2.75, 3.05) is 0 Å². The molecule has 0 spiro atoms. The SMILES string of the molecule is Oc1ccccc1C1C2CC3CC(C2)CC1(C12CC4CC(CC(C4)C1)C2)C3. The zero-order valence-corrected chi connectivity index (χ0v) is 16.6. The van der Waals surface area contributed by atoms with Crippen molar-refractivity contribution in [3.8, 4) is 5.75 Å². The minimum Gasteiger partial charge on any atom is -0.508 e. The van der Waals surface area contributed by atoms with Crippen molar-refractivity contribution in [2.45, 2.75) is 76.5 Å². The van der Waals surface area contributed by atoms with E-state index in [1.807, 2.05) is 12.1 Å². The van der Waals surface area contributed by atoms with E-state index in [9.17, 15) is 5.11 Å². The lowest BCUT2D eigenvalue weighted by Crippen LogP contribution is -2.63. The predicted octanol–water partition coefficient (Wildman–Crippen LogP) is 6.52. The minimum absolute atomic E-state index is 0.511. The molecule has 3 atom stereocenters. The highest BCUT2D eigenvalue weighted by atomic mass is 16.3. The molecular weight excluding hydrogens is 328 g/mol. The summed E-state index contributed by atoms with van der Waals surface area (Å²) in [7, 11) is 0. The molecule has 8 saturated carbocycles. The van der Waals surface area contributed by atoms with Gasteiger partial charge < -0.3 is 5.11 Å². The molecule has 1 N–H and O–H groups in total. The average Bonchev–Trinajstić information content (AvgIpc) is 2.61. The molecule has 1 aromatic rings. The Morgan fingerprint density at radius 2 is 1.19 bits per heavy atom. The van der Waals surface area contributed by atoms with Crippen molar-refractivity contribution < 1.29 is 5.11 Å². The number of benzene rings is 1. The summed E-state index contributed by atoms with van der Waals surface area (Å²) in [6.45, 7) is 0. The molecule has 1 nitrogen and oxygen atoms in total. The van der Waals surface area contributed by atoms with Crippen molar-refractivity contribution in [3.05, 3.63) is 29.8 Å². The molecule has 0 aliphatic heterocycles. The Bertz CT molecular complexity index is 729. The number of para-hydroxylation sites is 1. The number of hydrogen-bond donors (Lipinski definition) is 1. The minimum atomic E-state index is 0.511. The van der Waals surface area contributed by atoms with E-state index < -0.39 is 0 Å². The monoisotopic (exact) mass is 362 g/mol. The van der Waals surface area contributed by atoms with Crippen LogP contribution >= 0.6 is 0 Å². The summed E-state index contributed by atoms with van der Waals surface area (Å²) in [5.74, 6) is 7.19. The largest absolute Gasteiger partial charge is 0.508 e. The van der Waals surface area contributed by atoms with E-state index in [2.05, 4.69) is 12.1 Å². The first kappa shape index (κ1) is 15.9. The number of hydrogen-bond acceptors (Lipinski definition) is 1. The third kappa shape index (κ3) is 1.97. The van der Waals surface area contributed by atoms with E-state index in [-0.39, 0.29) is 0 Å². The van der Waals surface area contributed by atoms with Gasteiger partial charge in [0.1, 0.15) is 5.75 Å². The van der Waals surface area contributed by atoms with Gasteiger partial charge in [-0.15, -0.1) is 0 Å². The Hall–Kier alpha value is -0.980. The van der Waals surface area contributed by atoms with Gasteiger partial charge in [-0.25, -0.2) is 0 Å². The topological polar surface area (TPSA) is 20.2 Å². The number of rotatable bonds is 2. The van der Waals surface area contributed by atoms with Crippen LogP contribution in [0.1, 0.15) is 82.1 Å². The molecule has 27 heavy (non-hydrogen) atoms. The highest BCUT2D eigenvalue weighted by molar-refractivity contribution is 5.39. The van der Waals surface area contributed by atoms with Gasteiger partial charge in [0, 0.05) is 0 Å². The number of phenolic OH excluding ortho intramolecular Hbond substituents is 1. The number of phenols is 1. The zero-order chi connectivity index (χ0) is 17.8. The molecule has 0 amide bonds. The molecule has 8 aliphatic rings. The van der Waals surface area contributed by atoms with Gasteiger partial charge in [-0.2, -0.15) is 0 Å². The molecule has 8 aliphatic carbocycles. The van der Waals surface area contributed by atoms with Crippen LogP contribution in [0.3, 0.4) is 0 Å². The standard InChI is InChI=1S/C26H34O/c27-23-4-2-1-3-22(23)24-21-9-19-8-20(10-21)15-26(24,14-19)25-11-16-5-17(12-25)7-18(6-16)13-25/h1-4,16-21,24,27H,5-15H2. The van der Waals surface area contributed by atoms with Crippen molar-refractivity contribution in [1.82, 2.24) is 0 Å². The van der Waals surface area contributed by atoms with Crippen molar-refractivity contribution in [3.63, 3.8) is 0 Å². The number of aromatic hydroxyl groups is 1. The Balaban J connectivity index is 1.41. The molecule has 0 heterocycles. The smallest absolute Gasteiger partial charge is 0.119 e. The van der Waals surface area contributed by atoms with Gasteiger partial charge in [-0.05, 0) is 135 Å². The van der Waals surface area contributed by atoms with Crippen molar-refractivity contribution in [2.24, 2.45) is 46.3 Å². The van der Waals surface area contributed by atoms with Crippen LogP contribution in [0.25, 0.3) is 0 Å². The lowest BCUT2D eigenvalue weighted by molar-refractivity contribution is -0.212. The summed E-state index contributed by atoms with van der Waals surface area (Å²) in [6, 6.07) is 8.47. The summed E-state index contributed by atoms with van der Waals surface area (Å²) >= 11 is 0. The molecule has 8 bridgehead atoms. The fraction of sp³-hybridized carbons (Fsp3) is 0.769.